The highest BCUT2D eigenvalue weighted by Crippen LogP contribution is 2.34. The summed E-state index contributed by atoms with van der Waals surface area (Å²) in [5.74, 6) is 2.13. The smallest absolute Gasteiger partial charge is 0.236 e. The number of fused-ring (bicyclic) bond motifs is 1. The molecule has 1 aromatic carbocycles. The first-order chi connectivity index (χ1) is 15.1. The Kier molecular flexibility index (Phi) is 7.48. The minimum Gasteiger partial charge on any atom is -0.490 e. The molecular weight excluding hydrogens is 410 g/mol. The maximum Gasteiger partial charge on any atom is 0.236 e. The molecule has 1 amide bonds. The number of rotatable bonds is 7. The van der Waals surface area contributed by atoms with E-state index >= 15 is 0 Å². The maximum absolute atomic E-state index is 12.9. The Morgan fingerprint density at radius 2 is 1.87 bits per heavy atom. The molecule has 3 heterocycles. The number of hydrogen-bond acceptors (Lipinski definition) is 6. The van der Waals surface area contributed by atoms with Gasteiger partial charge in [0.2, 0.25) is 5.91 Å². The molecule has 2 aliphatic rings. The molecule has 2 aromatic rings. The van der Waals surface area contributed by atoms with Crippen LogP contribution in [0.15, 0.2) is 35.7 Å². The lowest BCUT2D eigenvalue weighted by atomic mass is 9.95. The molecule has 2 aliphatic heterocycles. The summed E-state index contributed by atoms with van der Waals surface area (Å²) in [7, 11) is 0. The largest absolute Gasteiger partial charge is 0.490 e. The van der Waals surface area contributed by atoms with Crippen molar-refractivity contribution in [3.63, 3.8) is 0 Å². The molecule has 6 nitrogen and oxygen atoms in total. The first-order valence-corrected chi connectivity index (χ1v) is 12.1. The fourth-order valence-electron chi connectivity index (χ4n) is 4.20. The lowest BCUT2D eigenvalue weighted by molar-refractivity contribution is -0.132. The Morgan fingerprint density at radius 3 is 2.58 bits per heavy atom. The second-order valence-electron chi connectivity index (χ2n) is 8.60. The van der Waals surface area contributed by atoms with Crippen molar-refractivity contribution in [3.8, 4) is 11.5 Å². The second-order valence-corrected chi connectivity index (χ2v) is 9.63. The van der Waals surface area contributed by atoms with E-state index in [0.717, 1.165) is 56.2 Å². The zero-order chi connectivity index (χ0) is 21.6. The van der Waals surface area contributed by atoms with Gasteiger partial charge in [0.15, 0.2) is 11.5 Å². The van der Waals surface area contributed by atoms with Gasteiger partial charge in [0.05, 0.1) is 19.8 Å². The van der Waals surface area contributed by atoms with E-state index in [-0.39, 0.29) is 11.9 Å². The average molecular weight is 444 g/mol. The summed E-state index contributed by atoms with van der Waals surface area (Å²) >= 11 is 1.80. The van der Waals surface area contributed by atoms with Gasteiger partial charge in [-0.05, 0) is 35.1 Å². The molecule has 4 rings (SSSR count). The van der Waals surface area contributed by atoms with E-state index in [1.54, 1.807) is 11.3 Å². The lowest BCUT2D eigenvalue weighted by Crippen LogP contribution is -2.50. The molecule has 0 spiro atoms. The van der Waals surface area contributed by atoms with Crippen molar-refractivity contribution in [1.82, 2.24) is 15.1 Å². The topological polar surface area (TPSA) is 54.0 Å². The van der Waals surface area contributed by atoms with Crippen LogP contribution in [0.3, 0.4) is 0 Å². The van der Waals surface area contributed by atoms with Gasteiger partial charge in [-0.1, -0.05) is 26.0 Å². The molecule has 0 radical (unpaired) electrons. The van der Waals surface area contributed by atoms with Gasteiger partial charge in [0.1, 0.15) is 0 Å². The molecular formula is C24H33N3O3S. The summed E-state index contributed by atoms with van der Waals surface area (Å²) < 4.78 is 11.6. The third kappa shape index (κ3) is 5.79. The van der Waals surface area contributed by atoms with Crippen molar-refractivity contribution >= 4 is 17.2 Å². The first kappa shape index (κ1) is 22.1. The average Bonchev–Trinajstić information content (AvgIpc) is 3.16. The molecule has 1 fully saturated rings. The molecule has 31 heavy (non-hydrogen) atoms. The van der Waals surface area contributed by atoms with Crippen LogP contribution < -0.4 is 14.8 Å². The van der Waals surface area contributed by atoms with Crippen LogP contribution in [0.25, 0.3) is 0 Å². The number of nitrogens with zero attached hydrogens (tertiary/aromatic N) is 2. The predicted molar refractivity (Wildman–Crippen MR) is 124 cm³/mol. The third-order valence-corrected chi connectivity index (χ3v) is 6.82. The Balaban J connectivity index is 1.30. The Bertz CT molecular complexity index is 848. The van der Waals surface area contributed by atoms with E-state index < -0.39 is 0 Å². The van der Waals surface area contributed by atoms with Gasteiger partial charge in [0, 0.05) is 50.1 Å². The number of hydrogen-bond donors (Lipinski definition) is 1. The number of nitrogens with one attached hydrogen (secondary N) is 1. The highest BCUT2D eigenvalue weighted by atomic mass is 32.1. The lowest BCUT2D eigenvalue weighted by Gasteiger charge is -2.35. The van der Waals surface area contributed by atoms with E-state index in [0.29, 0.717) is 25.7 Å². The molecule has 168 valence electrons. The fourth-order valence-corrected chi connectivity index (χ4v) is 4.95. The van der Waals surface area contributed by atoms with Crippen LogP contribution in [0.5, 0.6) is 11.5 Å². The highest BCUT2D eigenvalue weighted by molar-refractivity contribution is 7.09. The number of carbonyl (C=O) groups excluding carboxylic acids is 1. The Hall–Kier alpha value is -2.09. The number of carbonyl (C=O) groups is 1. The molecule has 0 bridgehead atoms. The molecule has 1 aromatic heterocycles. The van der Waals surface area contributed by atoms with Crippen molar-refractivity contribution in [2.75, 3.05) is 45.9 Å². The normalized spacial score (nSPS) is 18.1. The first-order valence-electron chi connectivity index (χ1n) is 11.3. The summed E-state index contributed by atoms with van der Waals surface area (Å²) in [6.07, 6.45) is 0.894. The Morgan fingerprint density at radius 1 is 1.10 bits per heavy atom. The van der Waals surface area contributed by atoms with Crippen LogP contribution in [0.2, 0.25) is 0 Å². The van der Waals surface area contributed by atoms with Crippen LogP contribution in [-0.4, -0.2) is 61.6 Å². The zero-order valence-corrected chi connectivity index (χ0v) is 19.3. The van der Waals surface area contributed by atoms with Gasteiger partial charge in [0.25, 0.3) is 0 Å². The predicted octanol–water partition coefficient (Wildman–Crippen LogP) is 3.54. The molecule has 0 aliphatic carbocycles. The number of ether oxygens (including phenoxy) is 2. The van der Waals surface area contributed by atoms with E-state index in [9.17, 15) is 4.79 Å². The number of benzene rings is 1. The summed E-state index contributed by atoms with van der Waals surface area (Å²) in [4.78, 5) is 18.7. The highest BCUT2D eigenvalue weighted by Gasteiger charge is 2.24. The van der Waals surface area contributed by atoms with Crippen molar-refractivity contribution < 1.29 is 14.3 Å². The zero-order valence-electron chi connectivity index (χ0n) is 18.5. The van der Waals surface area contributed by atoms with E-state index in [2.05, 4.69) is 53.7 Å². The van der Waals surface area contributed by atoms with Crippen molar-refractivity contribution in [3.05, 3.63) is 46.2 Å². The molecule has 0 saturated carbocycles. The van der Waals surface area contributed by atoms with Crippen LogP contribution in [-0.2, 0) is 11.3 Å². The van der Waals surface area contributed by atoms with Gasteiger partial charge in [-0.25, -0.2) is 0 Å². The summed E-state index contributed by atoms with van der Waals surface area (Å²) in [5, 5.41) is 5.62. The van der Waals surface area contributed by atoms with Crippen molar-refractivity contribution in [1.29, 1.82) is 0 Å². The van der Waals surface area contributed by atoms with Crippen LogP contribution in [0, 0.1) is 5.92 Å². The van der Waals surface area contributed by atoms with Crippen molar-refractivity contribution in [2.45, 2.75) is 32.9 Å². The molecule has 7 heteroatoms. The summed E-state index contributed by atoms with van der Waals surface area (Å²) in [6.45, 7) is 10.5. The Labute approximate surface area is 189 Å². The third-order valence-electron chi connectivity index (χ3n) is 5.96. The monoisotopic (exact) mass is 443 g/mol. The molecule has 1 N–H and O–H groups in total. The summed E-state index contributed by atoms with van der Waals surface area (Å²) in [6, 6.07) is 10.5. The van der Waals surface area contributed by atoms with Gasteiger partial charge < -0.3 is 19.7 Å². The van der Waals surface area contributed by atoms with E-state index in [1.165, 1.54) is 4.88 Å². The fraction of sp³-hybridized carbons (Fsp3) is 0.542. The second kappa shape index (κ2) is 10.5. The van der Waals surface area contributed by atoms with Gasteiger partial charge >= 0.3 is 0 Å². The quantitative estimate of drug-likeness (QED) is 0.709. The van der Waals surface area contributed by atoms with Gasteiger partial charge in [-0.15, -0.1) is 11.3 Å². The summed E-state index contributed by atoms with van der Waals surface area (Å²) in [5.41, 5.74) is 1.13. The minimum atomic E-state index is 0.0845. The maximum atomic E-state index is 12.9. The molecule has 1 atom stereocenters. The van der Waals surface area contributed by atoms with Crippen LogP contribution in [0.1, 0.15) is 36.8 Å². The minimum absolute atomic E-state index is 0.0845. The van der Waals surface area contributed by atoms with Crippen LogP contribution in [0.4, 0.5) is 0 Å². The van der Waals surface area contributed by atoms with Gasteiger partial charge in [-0.3, -0.25) is 9.69 Å². The number of piperazine rings is 1. The SMILES string of the molecule is CC(C)[C@H](NCC(=O)N1CCN(Cc2cccs2)CC1)c1ccc2c(c1)OCCCO2. The molecule has 1 saturated heterocycles. The van der Waals surface area contributed by atoms with Crippen molar-refractivity contribution in [2.24, 2.45) is 5.92 Å². The number of amides is 1. The van der Waals surface area contributed by atoms with Gasteiger partial charge in [-0.2, -0.15) is 0 Å². The number of thiophene rings is 1. The van der Waals surface area contributed by atoms with E-state index in [4.69, 9.17) is 9.47 Å². The standard InChI is InChI=1S/C24H33N3O3S/c1-18(2)24(19-6-7-21-22(15-19)30-13-4-12-29-21)25-16-23(28)27-10-8-26(9-11-27)17-20-5-3-14-31-20/h3,5-7,14-15,18,24-25H,4,8-13,16-17H2,1-2H3/t24-/m0/s1. The molecule has 0 unspecified atom stereocenters. The van der Waals surface area contributed by atoms with E-state index in [1.807, 2.05) is 11.0 Å². The van der Waals surface area contributed by atoms with Crippen LogP contribution >= 0.6 is 11.3 Å².